The molecule has 0 amide bonds. The van der Waals surface area contributed by atoms with Gasteiger partial charge in [0, 0.05) is 35.9 Å². The van der Waals surface area contributed by atoms with E-state index < -0.39 is 0 Å². The summed E-state index contributed by atoms with van der Waals surface area (Å²) < 4.78 is 8.28. The minimum Gasteiger partial charge on any atom is -0.494 e. The number of aromatic nitrogens is 1. The van der Waals surface area contributed by atoms with Crippen LogP contribution in [0.2, 0.25) is 0 Å². The van der Waals surface area contributed by atoms with Crippen molar-refractivity contribution in [2.24, 2.45) is 0 Å². The first-order valence-corrected chi connectivity index (χ1v) is 10.9. The number of hydrogen-bond acceptors (Lipinski definition) is 1. The molecule has 0 radical (unpaired) electrons. The van der Waals surface area contributed by atoms with E-state index in [4.69, 9.17) is 4.74 Å². The van der Waals surface area contributed by atoms with Gasteiger partial charge in [-0.1, -0.05) is 11.6 Å². The Morgan fingerprint density at radius 2 is 1.96 bits per heavy atom. The third-order valence-electron chi connectivity index (χ3n) is 6.66. The molecule has 1 unspecified atom stereocenters. The van der Waals surface area contributed by atoms with Crippen molar-refractivity contribution in [3.05, 3.63) is 64.8 Å². The number of aryl methyl sites for hydroxylation is 3. The highest BCUT2D eigenvalue weighted by Gasteiger charge is 2.36. The molecule has 2 aliphatic rings. The Morgan fingerprint density at radius 1 is 1.11 bits per heavy atom. The van der Waals surface area contributed by atoms with Gasteiger partial charge in [-0.05, 0) is 68.7 Å². The molecule has 28 heavy (non-hydrogen) atoms. The molecule has 1 N–H and O–H groups in total. The van der Waals surface area contributed by atoms with Crippen LogP contribution in [0.15, 0.2) is 42.5 Å². The average Bonchev–Trinajstić information content (AvgIpc) is 2.90. The molecule has 2 atom stereocenters. The van der Waals surface area contributed by atoms with E-state index in [1.54, 1.807) is 16.2 Å². The van der Waals surface area contributed by atoms with Gasteiger partial charge in [-0.3, -0.25) is 0 Å². The van der Waals surface area contributed by atoms with E-state index >= 15 is 0 Å². The quantitative estimate of drug-likeness (QED) is 0.723. The van der Waals surface area contributed by atoms with Crippen LogP contribution in [0.1, 0.15) is 54.6 Å². The van der Waals surface area contributed by atoms with Crippen LogP contribution in [0.4, 0.5) is 0 Å². The van der Waals surface area contributed by atoms with E-state index in [1.807, 2.05) is 6.92 Å². The fourth-order valence-electron chi connectivity index (χ4n) is 5.46. The molecule has 0 spiro atoms. The SMILES string of the molecule is CCOc1ccc(C[NH+]2CCCn3c4c(c5cc(C)ccc53)CCC[C@@H]42)cc1. The van der Waals surface area contributed by atoms with Crippen molar-refractivity contribution in [3.8, 4) is 5.75 Å². The maximum Gasteiger partial charge on any atom is 0.129 e. The molecule has 3 aromatic rings. The molecule has 0 saturated heterocycles. The molecule has 146 valence electrons. The van der Waals surface area contributed by atoms with Crippen LogP contribution in [-0.4, -0.2) is 17.7 Å². The predicted molar refractivity (Wildman–Crippen MR) is 114 cm³/mol. The zero-order valence-corrected chi connectivity index (χ0v) is 17.1. The zero-order chi connectivity index (χ0) is 19.1. The van der Waals surface area contributed by atoms with Gasteiger partial charge in [-0.25, -0.2) is 0 Å². The summed E-state index contributed by atoms with van der Waals surface area (Å²) in [6, 6.07) is 16.5. The molecular weight excluding hydrogens is 344 g/mol. The molecule has 1 aliphatic heterocycles. The molecule has 0 saturated carbocycles. The number of hydrogen-bond donors (Lipinski definition) is 1. The van der Waals surface area contributed by atoms with Gasteiger partial charge in [0.15, 0.2) is 0 Å². The summed E-state index contributed by atoms with van der Waals surface area (Å²) in [5.41, 5.74) is 7.55. The zero-order valence-electron chi connectivity index (χ0n) is 17.1. The number of fused-ring (bicyclic) bond motifs is 3. The first-order valence-electron chi connectivity index (χ1n) is 10.9. The first-order chi connectivity index (χ1) is 13.7. The highest BCUT2D eigenvalue weighted by atomic mass is 16.5. The smallest absolute Gasteiger partial charge is 0.129 e. The summed E-state index contributed by atoms with van der Waals surface area (Å²) >= 11 is 0. The van der Waals surface area contributed by atoms with E-state index in [0.717, 1.165) is 25.4 Å². The second-order valence-electron chi connectivity index (χ2n) is 8.50. The Morgan fingerprint density at radius 3 is 2.79 bits per heavy atom. The second kappa shape index (κ2) is 7.29. The minimum absolute atomic E-state index is 0.630. The number of benzene rings is 2. The van der Waals surface area contributed by atoms with Crippen LogP contribution in [-0.2, 0) is 19.5 Å². The lowest BCUT2D eigenvalue weighted by molar-refractivity contribution is -0.945. The molecule has 0 bridgehead atoms. The van der Waals surface area contributed by atoms with Crippen LogP contribution >= 0.6 is 0 Å². The molecule has 0 fully saturated rings. The lowest BCUT2D eigenvalue weighted by atomic mass is 9.90. The summed E-state index contributed by atoms with van der Waals surface area (Å²) in [6.45, 7) is 8.52. The second-order valence-corrected chi connectivity index (χ2v) is 8.50. The van der Waals surface area contributed by atoms with Crippen molar-refractivity contribution in [2.45, 2.75) is 58.7 Å². The first kappa shape index (κ1) is 17.8. The fourth-order valence-corrected chi connectivity index (χ4v) is 5.46. The van der Waals surface area contributed by atoms with E-state index in [2.05, 4.69) is 54.0 Å². The summed E-state index contributed by atoms with van der Waals surface area (Å²) in [5, 5.41) is 1.52. The molecule has 2 aromatic carbocycles. The number of quaternary nitrogens is 1. The normalized spacial score (nSPS) is 21.4. The maximum atomic E-state index is 5.62. The summed E-state index contributed by atoms with van der Waals surface area (Å²) in [6.07, 6.45) is 5.13. The lowest BCUT2D eigenvalue weighted by Crippen LogP contribution is -3.11. The van der Waals surface area contributed by atoms with Gasteiger partial charge in [-0.2, -0.15) is 0 Å². The van der Waals surface area contributed by atoms with Crippen LogP contribution in [0.25, 0.3) is 10.9 Å². The Bertz CT molecular complexity index is 982. The number of nitrogens with zero attached hydrogens (tertiary/aromatic N) is 1. The van der Waals surface area contributed by atoms with Crippen molar-refractivity contribution in [3.63, 3.8) is 0 Å². The topological polar surface area (TPSA) is 18.6 Å². The Kier molecular flexibility index (Phi) is 4.64. The Hall–Kier alpha value is -2.26. The molecule has 2 heterocycles. The van der Waals surface area contributed by atoms with Crippen LogP contribution in [0, 0.1) is 6.92 Å². The highest BCUT2D eigenvalue weighted by Crippen LogP contribution is 2.37. The van der Waals surface area contributed by atoms with Gasteiger partial charge < -0.3 is 14.2 Å². The Balaban J connectivity index is 1.50. The van der Waals surface area contributed by atoms with Crippen molar-refractivity contribution in [1.29, 1.82) is 0 Å². The summed E-state index contributed by atoms with van der Waals surface area (Å²) in [7, 11) is 0. The third-order valence-corrected chi connectivity index (χ3v) is 6.66. The van der Waals surface area contributed by atoms with Crippen LogP contribution < -0.4 is 9.64 Å². The van der Waals surface area contributed by atoms with Gasteiger partial charge >= 0.3 is 0 Å². The molecule has 3 nitrogen and oxygen atoms in total. The minimum atomic E-state index is 0.630. The fraction of sp³-hybridized carbons (Fsp3) is 0.440. The molecular formula is C25H31N2O+. The van der Waals surface area contributed by atoms with Gasteiger partial charge in [0.2, 0.25) is 0 Å². The largest absolute Gasteiger partial charge is 0.494 e. The van der Waals surface area contributed by atoms with Crippen molar-refractivity contribution in [2.75, 3.05) is 13.2 Å². The molecule has 1 aromatic heterocycles. The highest BCUT2D eigenvalue weighted by molar-refractivity contribution is 5.86. The van der Waals surface area contributed by atoms with E-state index in [-0.39, 0.29) is 0 Å². The number of rotatable bonds is 4. The lowest BCUT2D eigenvalue weighted by Gasteiger charge is -2.31. The van der Waals surface area contributed by atoms with E-state index in [1.165, 1.54) is 54.3 Å². The van der Waals surface area contributed by atoms with E-state index in [9.17, 15) is 0 Å². The van der Waals surface area contributed by atoms with Crippen molar-refractivity contribution >= 4 is 10.9 Å². The van der Waals surface area contributed by atoms with Crippen molar-refractivity contribution in [1.82, 2.24) is 4.57 Å². The van der Waals surface area contributed by atoms with Gasteiger partial charge in [0.1, 0.15) is 18.3 Å². The van der Waals surface area contributed by atoms with Crippen LogP contribution in [0.3, 0.4) is 0 Å². The molecule has 3 heteroatoms. The standard InChI is InChI=1S/C25H30N2O/c1-3-28-20-11-9-19(10-12-20)17-26-14-5-15-27-23-13-8-18(2)16-22(23)21-6-4-7-24(26)25(21)27/h8-13,16,24H,3-7,14-15,17H2,1-2H3/p+1/t24-/m0/s1. The van der Waals surface area contributed by atoms with Crippen molar-refractivity contribution < 1.29 is 9.64 Å². The van der Waals surface area contributed by atoms with Gasteiger partial charge in [-0.15, -0.1) is 0 Å². The van der Waals surface area contributed by atoms with E-state index in [0.29, 0.717) is 6.04 Å². The summed E-state index contributed by atoms with van der Waals surface area (Å²) in [4.78, 5) is 1.74. The third kappa shape index (κ3) is 3.02. The summed E-state index contributed by atoms with van der Waals surface area (Å²) in [5.74, 6) is 0.979. The monoisotopic (exact) mass is 375 g/mol. The molecule has 1 aliphatic carbocycles. The van der Waals surface area contributed by atoms with Gasteiger partial charge in [0.25, 0.3) is 0 Å². The maximum absolute atomic E-state index is 5.62. The Labute approximate surface area is 167 Å². The van der Waals surface area contributed by atoms with Crippen LogP contribution in [0.5, 0.6) is 5.75 Å². The number of nitrogens with one attached hydrogen (secondary N) is 1. The average molecular weight is 376 g/mol. The predicted octanol–water partition coefficient (Wildman–Crippen LogP) is 4.21. The number of ether oxygens (including phenoxy) is 1. The molecule has 5 rings (SSSR count). The van der Waals surface area contributed by atoms with Gasteiger partial charge in [0.05, 0.1) is 18.8 Å².